The first-order chi connectivity index (χ1) is 30.8. The fourth-order valence-corrected chi connectivity index (χ4v) is 12.7. The number of aromatic nitrogens is 1. The van der Waals surface area contributed by atoms with Gasteiger partial charge in [-0.25, -0.2) is 4.98 Å². The summed E-state index contributed by atoms with van der Waals surface area (Å²) in [5, 5.41) is 8.71. The molecule has 0 bridgehead atoms. The Labute approximate surface area is 362 Å². The van der Waals surface area contributed by atoms with Crippen LogP contribution >= 0.6 is 11.3 Å². The van der Waals surface area contributed by atoms with E-state index >= 15 is 0 Å². The smallest absolute Gasteiger partial charge is 0.0794 e. The van der Waals surface area contributed by atoms with Gasteiger partial charge in [0, 0.05) is 36.5 Å². The van der Waals surface area contributed by atoms with Gasteiger partial charge in [-0.3, -0.25) is 0 Å². The maximum absolute atomic E-state index is 5.39. The maximum atomic E-state index is 5.39. The number of fused-ring (bicyclic) bond motifs is 19. The molecule has 0 unspecified atom stereocenters. The van der Waals surface area contributed by atoms with Gasteiger partial charge in [-0.05, 0) is 107 Å². The molecule has 1 nitrogen and oxygen atoms in total. The first kappa shape index (κ1) is 34.1. The van der Waals surface area contributed by atoms with E-state index in [0.717, 1.165) is 16.8 Å². The Morgan fingerprint density at radius 1 is 0.290 bits per heavy atom. The average Bonchev–Trinajstić information content (AvgIpc) is 3.98. The van der Waals surface area contributed by atoms with Crippen molar-refractivity contribution in [1.82, 2.24) is 4.98 Å². The van der Waals surface area contributed by atoms with Crippen LogP contribution in [0.3, 0.4) is 0 Å². The molecule has 0 N–H and O–H groups in total. The monoisotopic (exact) mass is 801 g/mol. The summed E-state index contributed by atoms with van der Waals surface area (Å²) in [6, 6.07) is 78.9. The molecule has 2 aromatic heterocycles. The fourth-order valence-electron chi connectivity index (χ4n) is 11.3. The van der Waals surface area contributed by atoms with Gasteiger partial charge in [0.1, 0.15) is 0 Å². The van der Waals surface area contributed by atoms with Crippen molar-refractivity contribution in [1.29, 1.82) is 0 Å². The first-order valence-corrected chi connectivity index (χ1v) is 22.3. The fraction of sp³-hybridized carbons (Fsp3) is 0.0167. The minimum Gasteiger partial charge on any atom is -0.247 e. The van der Waals surface area contributed by atoms with Crippen LogP contribution in [0.1, 0.15) is 22.3 Å². The van der Waals surface area contributed by atoms with Crippen LogP contribution in [0, 0.1) is 0 Å². The number of hydrogen-bond donors (Lipinski definition) is 0. The van der Waals surface area contributed by atoms with Gasteiger partial charge >= 0.3 is 0 Å². The Morgan fingerprint density at radius 2 is 0.726 bits per heavy atom. The van der Waals surface area contributed by atoms with E-state index < -0.39 is 0 Å². The minimum atomic E-state index is -0.373. The Balaban J connectivity index is 0.925. The molecular weight excluding hydrogens is 767 g/mol. The molecule has 286 valence electrons. The van der Waals surface area contributed by atoms with Gasteiger partial charge in [0.25, 0.3) is 0 Å². The van der Waals surface area contributed by atoms with Crippen molar-refractivity contribution < 1.29 is 0 Å². The predicted octanol–water partition coefficient (Wildman–Crippen LogP) is 16.3. The number of rotatable bonds is 3. The van der Waals surface area contributed by atoms with Crippen LogP contribution in [0.2, 0.25) is 0 Å². The molecule has 2 heteroatoms. The molecule has 0 radical (unpaired) electrons. The summed E-state index contributed by atoms with van der Waals surface area (Å²) >= 11 is 1.92. The van der Waals surface area contributed by atoms with Crippen LogP contribution in [0.5, 0.6) is 0 Å². The molecule has 2 heterocycles. The summed E-state index contributed by atoms with van der Waals surface area (Å²) < 4.78 is 2.62. The third-order valence-corrected chi connectivity index (χ3v) is 15.2. The highest BCUT2D eigenvalue weighted by Crippen LogP contribution is 2.63. The van der Waals surface area contributed by atoms with Crippen molar-refractivity contribution in [2.45, 2.75) is 5.41 Å². The molecule has 2 aliphatic rings. The first-order valence-electron chi connectivity index (χ1n) is 21.5. The van der Waals surface area contributed by atoms with Gasteiger partial charge in [-0.15, -0.1) is 11.3 Å². The highest BCUT2D eigenvalue weighted by Gasteiger charge is 2.51. The molecule has 62 heavy (non-hydrogen) atoms. The summed E-state index contributed by atoms with van der Waals surface area (Å²) in [6.45, 7) is 0. The van der Waals surface area contributed by atoms with E-state index in [0.29, 0.717) is 0 Å². The highest BCUT2D eigenvalue weighted by atomic mass is 32.1. The summed E-state index contributed by atoms with van der Waals surface area (Å²) in [7, 11) is 0. The van der Waals surface area contributed by atoms with Crippen LogP contribution in [-0.2, 0) is 5.41 Å². The number of thiophene rings is 1. The second-order valence-electron chi connectivity index (χ2n) is 16.9. The van der Waals surface area contributed by atoms with E-state index in [2.05, 4.69) is 212 Å². The van der Waals surface area contributed by atoms with E-state index in [1.54, 1.807) is 0 Å². The largest absolute Gasteiger partial charge is 0.247 e. The molecular formula is C60H35NS. The molecule has 14 rings (SSSR count). The van der Waals surface area contributed by atoms with Gasteiger partial charge in [0.2, 0.25) is 0 Å². The molecule has 0 saturated carbocycles. The lowest BCUT2D eigenvalue weighted by Crippen LogP contribution is -2.25. The lowest BCUT2D eigenvalue weighted by Gasteiger charge is -2.30. The normalized spacial score (nSPS) is 13.3. The highest BCUT2D eigenvalue weighted by molar-refractivity contribution is 7.26. The molecule has 0 atom stereocenters. The molecule has 1 spiro atoms. The SMILES string of the molecule is c1cc(-c2ccc3c4ccccc4c4ccccc4c3n2)cc(-c2cccc3c2sc2c(-c4ccc5c(c4)C4(c6ccccc6-c6ccccc64)c4ccccc4-5)cccc23)c1. The van der Waals surface area contributed by atoms with E-state index in [4.69, 9.17) is 4.98 Å². The van der Waals surface area contributed by atoms with E-state index in [1.165, 1.54) is 114 Å². The Bertz CT molecular complexity index is 3790. The summed E-state index contributed by atoms with van der Waals surface area (Å²) in [4.78, 5) is 5.39. The second kappa shape index (κ2) is 12.7. The van der Waals surface area contributed by atoms with Crippen molar-refractivity contribution in [3.63, 3.8) is 0 Å². The predicted molar refractivity (Wildman–Crippen MR) is 262 cm³/mol. The van der Waals surface area contributed by atoms with Crippen molar-refractivity contribution in [2.75, 3.05) is 0 Å². The Morgan fingerprint density at radius 3 is 1.34 bits per heavy atom. The van der Waals surface area contributed by atoms with Crippen molar-refractivity contribution in [3.8, 4) is 55.8 Å². The van der Waals surface area contributed by atoms with Crippen LogP contribution < -0.4 is 0 Å². The second-order valence-corrected chi connectivity index (χ2v) is 17.9. The third-order valence-electron chi connectivity index (χ3n) is 13.9. The molecule has 0 amide bonds. The third kappa shape index (κ3) is 4.49. The minimum absolute atomic E-state index is 0.373. The topological polar surface area (TPSA) is 12.9 Å². The molecule has 2 aliphatic carbocycles. The molecule has 0 aliphatic heterocycles. The lowest BCUT2D eigenvalue weighted by molar-refractivity contribution is 0.794. The van der Waals surface area contributed by atoms with Crippen molar-refractivity contribution >= 4 is 64.0 Å². The zero-order chi connectivity index (χ0) is 40.5. The van der Waals surface area contributed by atoms with Gasteiger partial charge in [0.15, 0.2) is 0 Å². The number of hydrogen-bond acceptors (Lipinski definition) is 2. The van der Waals surface area contributed by atoms with Gasteiger partial charge in [0.05, 0.1) is 16.6 Å². The molecule has 10 aromatic carbocycles. The zero-order valence-electron chi connectivity index (χ0n) is 33.6. The van der Waals surface area contributed by atoms with Gasteiger partial charge in [-0.1, -0.05) is 188 Å². The van der Waals surface area contributed by atoms with Gasteiger partial charge in [-0.2, -0.15) is 0 Å². The molecule has 0 fully saturated rings. The zero-order valence-corrected chi connectivity index (χ0v) is 34.4. The van der Waals surface area contributed by atoms with E-state index in [9.17, 15) is 0 Å². The molecule has 12 aromatic rings. The van der Waals surface area contributed by atoms with Crippen LogP contribution in [-0.4, -0.2) is 4.98 Å². The van der Waals surface area contributed by atoms with Crippen molar-refractivity contribution in [2.24, 2.45) is 0 Å². The Kier molecular flexibility index (Phi) is 6.98. The van der Waals surface area contributed by atoms with E-state index in [-0.39, 0.29) is 5.41 Å². The summed E-state index contributed by atoms with van der Waals surface area (Å²) in [6.07, 6.45) is 0. The van der Waals surface area contributed by atoms with Crippen LogP contribution in [0.15, 0.2) is 212 Å². The summed E-state index contributed by atoms with van der Waals surface area (Å²) in [5.41, 5.74) is 18.5. The number of benzene rings is 10. The van der Waals surface area contributed by atoms with Crippen LogP contribution in [0.4, 0.5) is 0 Å². The number of pyridine rings is 1. The van der Waals surface area contributed by atoms with E-state index in [1.807, 2.05) is 11.3 Å². The van der Waals surface area contributed by atoms with Gasteiger partial charge < -0.3 is 0 Å². The Hall–Kier alpha value is -7.65. The maximum Gasteiger partial charge on any atom is 0.0794 e. The molecule has 0 saturated heterocycles. The standard InChI is InChI=1S/C60H35NS/c1-2-18-43-41(16-1)42-17-3-4-22-48(42)57-49(43)32-33-56(61-57)38-15-11-14-36(34-38)39-23-12-25-50-51-26-13-24-40(59(51)62-58(39)50)37-30-31-47-46-21-7-10-29-54(46)60(55(47)35-37)52-27-8-5-19-44(52)45-20-6-9-28-53(45)60/h1-35H. The van der Waals surface area contributed by atoms with Crippen LogP contribution in [0.25, 0.3) is 108 Å². The summed E-state index contributed by atoms with van der Waals surface area (Å²) in [5.74, 6) is 0. The number of nitrogens with zero attached hydrogens (tertiary/aromatic N) is 1. The van der Waals surface area contributed by atoms with Crippen molar-refractivity contribution in [3.05, 3.63) is 235 Å². The quantitative estimate of drug-likeness (QED) is 0.162. The lowest BCUT2D eigenvalue weighted by atomic mass is 9.70. The average molecular weight is 802 g/mol.